The summed E-state index contributed by atoms with van der Waals surface area (Å²) in [5, 5.41) is 0. The Morgan fingerprint density at radius 1 is 1.67 bits per heavy atom. The molecular formula is C6H12O2S. The van der Waals surface area contributed by atoms with Gasteiger partial charge < -0.3 is 4.74 Å². The van der Waals surface area contributed by atoms with Gasteiger partial charge in [0, 0.05) is 12.7 Å². The maximum Gasteiger partial charge on any atom is 0.303 e. The van der Waals surface area contributed by atoms with Gasteiger partial charge in [0.15, 0.2) is 0 Å². The molecule has 0 rings (SSSR count). The van der Waals surface area contributed by atoms with E-state index in [2.05, 4.69) is 12.6 Å². The van der Waals surface area contributed by atoms with Gasteiger partial charge in [-0.2, -0.15) is 12.6 Å². The quantitative estimate of drug-likeness (QED) is 0.471. The van der Waals surface area contributed by atoms with Crippen molar-refractivity contribution >= 4 is 18.6 Å². The lowest BCUT2D eigenvalue weighted by Gasteiger charge is -2.21. The van der Waals surface area contributed by atoms with E-state index in [1.807, 2.05) is 13.8 Å². The van der Waals surface area contributed by atoms with Crippen molar-refractivity contribution in [3.8, 4) is 0 Å². The summed E-state index contributed by atoms with van der Waals surface area (Å²) in [5.74, 6) is 0.293. The normalized spacial score (nSPS) is 11.1. The molecule has 9 heavy (non-hydrogen) atoms. The summed E-state index contributed by atoms with van der Waals surface area (Å²) in [5.41, 5.74) is -0.422. The summed E-state index contributed by atoms with van der Waals surface area (Å²) in [6.07, 6.45) is 0. The lowest BCUT2D eigenvalue weighted by molar-refractivity contribution is -0.151. The van der Waals surface area contributed by atoms with Crippen molar-refractivity contribution < 1.29 is 9.53 Å². The summed E-state index contributed by atoms with van der Waals surface area (Å²) in [6, 6.07) is 0. The van der Waals surface area contributed by atoms with E-state index in [0.717, 1.165) is 0 Å². The zero-order chi connectivity index (χ0) is 7.49. The van der Waals surface area contributed by atoms with Crippen LogP contribution < -0.4 is 0 Å². The maximum atomic E-state index is 10.4. The monoisotopic (exact) mass is 148 g/mol. The minimum Gasteiger partial charge on any atom is -0.459 e. The summed E-state index contributed by atoms with van der Waals surface area (Å²) in [4.78, 5) is 10.4. The molecule has 0 N–H and O–H groups in total. The third-order valence-electron chi connectivity index (χ3n) is 0.801. The van der Waals surface area contributed by atoms with E-state index in [9.17, 15) is 4.79 Å². The Morgan fingerprint density at radius 2 is 2.11 bits per heavy atom. The van der Waals surface area contributed by atoms with Crippen molar-refractivity contribution in [2.24, 2.45) is 0 Å². The van der Waals surface area contributed by atoms with Gasteiger partial charge in [-0.15, -0.1) is 0 Å². The van der Waals surface area contributed by atoms with Gasteiger partial charge in [-0.25, -0.2) is 0 Å². The van der Waals surface area contributed by atoms with E-state index in [0.29, 0.717) is 5.75 Å². The molecule has 0 unspecified atom stereocenters. The van der Waals surface area contributed by atoms with Crippen LogP contribution in [-0.4, -0.2) is 17.3 Å². The minimum atomic E-state index is -0.422. The SMILES string of the molecule is CC(=O)OC(C)(C)CS. The third kappa shape index (κ3) is 4.33. The lowest BCUT2D eigenvalue weighted by atomic mass is 10.2. The highest BCUT2D eigenvalue weighted by Crippen LogP contribution is 2.10. The number of carbonyl (C=O) groups excluding carboxylic acids is 1. The number of hydrogen-bond donors (Lipinski definition) is 1. The average Bonchev–Trinajstić information content (AvgIpc) is 1.63. The number of hydrogen-bond acceptors (Lipinski definition) is 3. The van der Waals surface area contributed by atoms with Gasteiger partial charge in [-0.3, -0.25) is 4.79 Å². The van der Waals surface area contributed by atoms with E-state index in [1.165, 1.54) is 6.92 Å². The predicted molar refractivity (Wildman–Crippen MR) is 39.7 cm³/mol. The minimum absolute atomic E-state index is 0.256. The van der Waals surface area contributed by atoms with Crippen molar-refractivity contribution in [2.75, 3.05) is 5.75 Å². The molecule has 2 nitrogen and oxygen atoms in total. The Hall–Kier alpha value is -0.180. The van der Waals surface area contributed by atoms with Crippen molar-refractivity contribution in [1.29, 1.82) is 0 Å². The average molecular weight is 148 g/mol. The van der Waals surface area contributed by atoms with Gasteiger partial charge in [-0.1, -0.05) is 0 Å². The van der Waals surface area contributed by atoms with Crippen LogP contribution in [0.2, 0.25) is 0 Å². The Morgan fingerprint density at radius 3 is 2.22 bits per heavy atom. The van der Waals surface area contributed by atoms with Crippen LogP contribution in [0.5, 0.6) is 0 Å². The molecule has 0 atom stereocenters. The molecular weight excluding hydrogens is 136 g/mol. The molecule has 0 spiro atoms. The number of thiol groups is 1. The first-order valence-corrected chi connectivity index (χ1v) is 3.41. The molecule has 0 aromatic heterocycles. The van der Waals surface area contributed by atoms with Crippen LogP contribution in [0.1, 0.15) is 20.8 Å². The summed E-state index contributed by atoms with van der Waals surface area (Å²) >= 11 is 4.00. The van der Waals surface area contributed by atoms with E-state index in [1.54, 1.807) is 0 Å². The highest BCUT2D eigenvalue weighted by Gasteiger charge is 2.17. The third-order valence-corrected chi connectivity index (χ3v) is 1.56. The topological polar surface area (TPSA) is 26.3 Å². The van der Waals surface area contributed by atoms with Crippen molar-refractivity contribution in [1.82, 2.24) is 0 Å². The fraction of sp³-hybridized carbons (Fsp3) is 0.833. The van der Waals surface area contributed by atoms with Gasteiger partial charge in [-0.05, 0) is 13.8 Å². The lowest BCUT2D eigenvalue weighted by Crippen LogP contribution is -2.28. The van der Waals surface area contributed by atoms with Gasteiger partial charge in [0.25, 0.3) is 0 Å². The maximum absolute atomic E-state index is 10.4. The zero-order valence-corrected chi connectivity index (χ0v) is 6.87. The summed E-state index contributed by atoms with van der Waals surface area (Å²) in [7, 11) is 0. The van der Waals surface area contributed by atoms with Gasteiger partial charge >= 0.3 is 5.97 Å². The molecule has 0 saturated carbocycles. The van der Waals surface area contributed by atoms with Crippen LogP contribution in [0.3, 0.4) is 0 Å². The van der Waals surface area contributed by atoms with E-state index in [-0.39, 0.29) is 5.97 Å². The Bertz CT molecular complexity index is 110. The second kappa shape index (κ2) is 3.11. The zero-order valence-electron chi connectivity index (χ0n) is 5.97. The summed E-state index contributed by atoms with van der Waals surface area (Å²) < 4.78 is 4.87. The molecule has 0 saturated heterocycles. The van der Waals surface area contributed by atoms with Crippen molar-refractivity contribution in [3.63, 3.8) is 0 Å². The Kier molecular flexibility index (Phi) is 3.04. The highest BCUT2D eigenvalue weighted by atomic mass is 32.1. The first kappa shape index (κ1) is 8.82. The number of esters is 1. The molecule has 54 valence electrons. The second-order valence-electron chi connectivity index (χ2n) is 2.51. The first-order valence-electron chi connectivity index (χ1n) is 2.78. The van der Waals surface area contributed by atoms with Gasteiger partial charge in [0.2, 0.25) is 0 Å². The van der Waals surface area contributed by atoms with Crippen molar-refractivity contribution in [2.45, 2.75) is 26.4 Å². The standard InChI is InChI=1S/C6H12O2S/c1-5(7)8-6(2,3)4-9/h9H,4H2,1-3H3. The molecule has 0 amide bonds. The largest absolute Gasteiger partial charge is 0.459 e. The highest BCUT2D eigenvalue weighted by molar-refractivity contribution is 7.80. The van der Waals surface area contributed by atoms with Crippen LogP contribution >= 0.6 is 12.6 Å². The number of ether oxygens (including phenoxy) is 1. The van der Waals surface area contributed by atoms with E-state index in [4.69, 9.17) is 4.74 Å². The van der Waals surface area contributed by atoms with Gasteiger partial charge in [0.05, 0.1) is 0 Å². The van der Waals surface area contributed by atoms with Crippen molar-refractivity contribution in [3.05, 3.63) is 0 Å². The molecule has 0 aliphatic heterocycles. The van der Waals surface area contributed by atoms with E-state index < -0.39 is 5.60 Å². The van der Waals surface area contributed by atoms with Crippen LogP contribution in [0.25, 0.3) is 0 Å². The van der Waals surface area contributed by atoms with E-state index >= 15 is 0 Å². The molecule has 0 fully saturated rings. The molecule has 0 radical (unpaired) electrons. The predicted octanol–water partition coefficient (Wildman–Crippen LogP) is 1.26. The molecule has 0 bridgehead atoms. The van der Waals surface area contributed by atoms with Crippen LogP contribution in [0, 0.1) is 0 Å². The molecule has 0 heterocycles. The fourth-order valence-corrected chi connectivity index (χ4v) is 0.486. The first-order chi connectivity index (χ1) is 3.98. The summed E-state index contributed by atoms with van der Waals surface area (Å²) in [6.45, 7) is 5.04. The Balaban J connectivity index is 3.71. The number of rotatable bonds is 2. The van der Waals surface area contributed by atoms with Crippen LogP contribution in [0.15, 0.2) is 0 Å². The molecule has 0 aromatic carbocycles. The molecule has 0 aliphatic carbocycles. The molecule has 0 aromatic rings. The Labute approximate surface area is 61.0 Å². The van der Waals surface area contributed by atoms with Gasteiger partial charge in [0.1, 0.15) is 5.60 Å². The van der Waals surface area contributed by atoms with Crippen LogP contribution in [-0.2, 0) is 9.53 Å². The number of carbonyl (C=O) groups is 1. The molecule has 0 aliphatic rings. The molecule has 3 heteroatoms. The smallest absolute Gasteiger partial charge is 0.303 e. The fourth-order valence-electron chi connectivity index (χ4n) is 0.421. The second-order valence-corrected chi connectivity index (χ2v) is 2.83. The van der Waals surface area contributed by atoms with Crippen LogP contribution in [0.4, 0.5) is 0 Å².